The quantitative estimate of drug-likeness (QED) is 0.450. The number of hydrogen-bond acceptors (Lipinski definition) is 6. The molecule has 0 saturated heterocycles. The summed E-state index contributed by atoms with van der Waals surface area (Å²) < 4.78 is 10.6. The molecule has 142 valence electrons. The van der Waals surface area contributed by atoms with Crippen LogP contribution in [0.3, 0.4) is 0 Å². The van der Waals surface area contributed by atoms with Crippen LogP contribution in [0.4, 0.5) is 23.1 Å². The Morgan fingerprint density at radius 3 is 2.46 bits per heavy atom. The molecule has 0 aliphatic heterocycles. The van der Waals surface area contributed by atoms with E-state index in [9.17, 15) is 0 Å². The number of aryl methyl sites for hydroxylation is 1. The summed E-state index contributed by atoms with van der Waals surface area (Å²) >= 11 is 0. The van der Waals surface area contributed by atoms with Gasteiger partial charge in [0.2, 0.25) is 5.95 Å². The molecule has 0 aliphatic rings. The van der Waals surface area contributed by atoms with Gasteiger partial charge in [0.25, 0.3) is 0 Å². The first-order valence-corrected chi connectivity index (χ1v) is 8.83. The summed E-state index contributed by atoms with van der Waals surface area (Å²) in [4.78, 5) is 12.1. The van der Waals surface area contributed by atoms with Crippen molar-refractivity contribution in [2.75, 3.05) is 24.9 Å². The van der Waals surface area contributed by atoms with Crippen molar-refractivity contribution in [2.45, 2.75) is 6.92 Å². The van der Waals surface area contributed by atoms with Gasteiger partial charge in [-0.15, -0.1) is 0 Å². The average molecular weight is 375 g/mol. The van der Waals surface area contributed by atoms with Crippen molar-refractivity contribution in [2.24, 2.45) is 0 Å². The number of H-pyrrole nitrogens is 1. The first-order valence-electron chi connectivity index (χ1n) is 8.83. The summed E-state index contributed by atoms with van der Waals surface area (Å²) in [6.07, 6.45) is 1.71. The van der Waals surface area contributed by atoms with Crippen LogP contribution in [0, 0.1) is 6.92 Å². The molecule has 0 unspecified atom stereocenters. The zero-order chi connectivity index (χ0) is 19.5. The minimum absolute atomic E-state index is 0.482. The molecule has 0 atom stereocenters. The summed E-state index contributed by atoms with van der Waals surface area (Å²) in [6.45, 7) is 2.05. The summed E-state index contributed by atoms with van der Waals surface area (Å²) in [5.74, 6) is 2.48. The number of nitrogens with one attached hydrogen (secondary N) is 3. The van der Waals surface area contributed by atoms with Gasteiger partial charge in [0.1, 0.15) is 5.82 Å². The Morgan fingerprint density at radius 2 is 1.64 bits per heavy atom. The predicted molar refractivity (Wildman–Crippen MR) is 111 cm³/mol. The number of methoxy groups -OCH3 is 2. The lowest BCUT2D eigenvalue weighted by Gasteiger charge is -2.11. The second kappa shape index (κ2) is 7.48. The van der Waals surface area contributed by atoms with E-state index in [4.69, 9.17) is 9.47 Å². The second-order valence-electron chi connectivity index (χ2n) is 6.34. The molecule has 0 aliphatic carbocycles. The Labute approximate surface area is 162 Å². The van der Waals surface area contributed by atoms with Gasteiger partial charge in [0.05, 0.1) is 14.2 Å². The number of rotatable bonds is 6. The third kappa shape index (κ3) is 3.68. The number of anilines is 4. The number of benzene rings is 2. The highest BCUT2D eigenvalue weighted by Crippen LogP contribution is 2.30. The van der Waals surface area contributed by atoms with E-state index in [0.29, 0.717) is 23.3 Å². The third-order valence-corrected chi connectivity index (χ3v) is 4.32. The van der Waals surface area contributed by atoms with Gasteiger partial charge in [-0.25, -0.2) is 4.98 Å². The molecular formula is C21H21N5O2. The van der Waals surface area contributed by atoms with Crippen LogP contribution < -0.4 is 20.1 Å². The average Bonchev–Trinajstić information content (AvgIpc) is 3.07. The first-order chi connectivity index (χ1) is 13.6. The largest absolute Gasteiger partial charge is 0.493 e. The Bertz CT molecular complexity index is 1120. The molecule has 0 amide bonds. The van der Waals surface area contributed by atoms with Gasteiger partial charge >= 0.3 is 0 Å². The van der Waals surface area contributed by atoms with Gasteiger partial charge in [-0.05, 0) is 49.4 Å². The number of nitrogens with zero attached hydrogens (tertiary/aromatic N) is 2. The number of ether oxygens (including phenoxy) is 2. The lowest BCUT2D eigenvalue weighted by Crippen LogP contribution is -2.01. The summed E-state index contributed by atoms with van der Waals surface area (Å²) in [5.41, 5.74) is 4.01. The Balaban J connectivity index is 1.53. The van der Waals surface area contributed by atoms with E-state index in [2.05, 4.69) is 43.8 Å². The van der Waals surface area contributed by atoms with Crippen molar-refractivity contribution in [1.82, 2.24) is 15.0 Å². The van der Waals surface area contributed by atoms with E-state index >= 15 is 0 Å². The number of hydrogen-bond donors (Lipinski definition) is 3. The first kappa shape index (κ1) is 17.7. The van der Waals surface area contributed by atoms with Gasteiger partial charge in [0.15, 0.2) is 11.5 Å². The minimum atomic E-state index is 0.482. The summed E-state index contributed by atoms with van der Waals surface area (Å²) in [7, 11) is 3.21. The maximum absolute atomic E-state index is 5.33. The van der Waals surface area contributed by atoms with Crippen molar-refractivity contribution in [3.05, 3.63) is 60.4 Å². The monoisotopic (exact) mass is 375 g/mol. The van der Waals surface area contributed by atoms with Crippen LogP contribution in [0.25, 0.3) is 10.9 Å². The third-order valence-electron chi connectivity index (χ3n) is 4.32. The molecule has 2 aromatic carbocycles. The topological polar surface area (TPSA) is 84.1 Å². The van der Waals surface area contributed by atoms with Crippen LogP contribution >= 0.6 is 0 Å². The molecule has 4 rings (SSSR count). The Hall–Kier alpha value is -3.74. The highest BCUT2D eigenvalue weighted by molar-refractivity contribution is 5.84. The summed E-state index contributed by atoms with van der Waals surface area (Å²) in [6, 6.07) is 15.6. The number of fused-ring (bicyclic) bond motifs is 1. The molecule has 4 aromatic rings. The van der Waals surface area contributed by atoms with Crippen LogP contribution in [0.5, 0.6) is 11.5 Å². The molecule has 0 bridgehead atoms. The second-order valence-corrected chi connectivity index (χ2v) is 6.34. The molecular weight excluding hydrogens is 354 g/mol. The van der Waals surface area contributed by atoms with Gasteiger partial charge in [-0.3, -0.25) is 0 Å². The van der Waals surface area contributed by atoms with Crippen molar-refractivity contribution in [3.63, 3.8) is 0 Å². The maximum Gasteiger partial charge on any atom is 0.229 e. The highest BCUT2D eigenvalue weighted by atomic mass is 16.5. The molecule has 2 heterocycles. The number of aromatic nitrogens is 3. The zero-order valence-corrected chi connectivity index (χ0v) is 15.9. The minimum Gasteiger partial charge on any atom is -0.493 e. The molecule has 7 nitrogen and oxygen atoms in total. The van der Waals surface area contributed by atoms with E-state index in [1.165, 1.54) is 0 Å². The molecule has 0 spiro atoms. The summed E-state index contributed by atoms with van der Waals surface area (Å²) in [5, 5.41) is 7.66. The van der Waals surface area contributed by atoms with Crippen LogP contribution in [-0.4, -0.2) is 29.2 Å². The molecule has 2 aromatic heterocycles. The van der Waals surface area contributed by atoms with Gasteiger partial charge in [-0.1, -0.05) is 0 Å². The number of aromatic amines is 1. The fraction of sp³-hybridized carbons (Fsp3) is 0.143. The van der Waals surface area contributed by atoms with E-state index in [1.54, 1.807) is 20.4 Å². The predicted octanol–water partition coefficient (Wildman–Crippen LogP) is 4.77. The van der Waals surface area contributed by atoms with Crippen LogP contribution in [-0.2, 0) is 0 Å². The normalized spacial score (nSPS) is 10.7. The lowest BCUT2D eigenvalue weighted by molar-refractivity contribution is 0.355. The SMILES string of the molecule is COc1ccc(Nc2nccc(Nc3ccc4[nH]c(C)cc4c3)n2)cc1OC. The fourth-order valence-electron chi connectivity index (χ4n) is 3.03. The molecule has 3 N–H and O–H groups in total. The van der Waals surface area contributed by atoms with E-state index in [0.717, 1.165) is 28.0 Å². The molecule has 0 saturated carbocycles. The zero-order valence-electron chi connectivity index (χ0n) is 15.9. The van der Waals surface area contributed by atoms with Gasteiger partial charge in [0, 0.05) is 40.2 Å². The van der Waals surface area contributed by atoms with Gasteiger partial charge in [-0.2, -0.15) is 4.98 Å². The highest BCUT2D eigenvalue weighted by Gasteiger charge is 2.07. The van der Waals surface area contributed by atoms with Crippen molar-refractivity contribution < 1.29 is 9.47 Å². The van der Waals surface area contributed by atoms with E-state index in [-0.39, 0.29) is 0 Å². The fourth-order valence-corrected chi connectivity index (χ4v) is 3.03. The Morgan fingerprint density at radius 1 is 0.857 bits per heavy atom. The van der Waals surface area contributed by atoms with Crippen LogP contribution in [0.15, 0.2) is 54.7 Å². The molecule has 0 radical (unpaired) electrons. The van der Waals surface area contributed by atoms with E-state index in [1.807, 2.05) is 37.3 Å². The van der Waals surface area contributed by atoms with Crippen LogP contribution in [0.1, 0.15) is 5.69 Å². The van der Waals surface area contributed by atoms with E-state index < -0.39 is 0 Å². The van der Waals surface area contributed by atoms with Gasteiger partial charge < -0.3 is 25.1 Å². The lowest BCUT2D eigenvalue weighted by atomic mass is 10.2. The van der Waals surface area contributed by atoms with Crippen molar-refractivity contribution >= 4 is 34.0 Å². The molecule has 7 heteroatoms. The van der Waals surface area contributed by atoms with Crippen LogP contribution in [0.2, 0.25) is 0 Å². The maximum atomic E-state index is 5.33. The van der Waals surface area contributed by atoms with Crippen molar-refractivity contribution in [3.8, 4) is 11.5 Å². The Kier molecular flexibility index (Phi) is 4.72. The molecule has 0 fully saturated rings. The molecule has 28 heavy (non-hydrogen) atoms. The smallest absolute Gasteiger partial charge is 0.229 e. The van der Waals surface area contributed by atoms with Crippen molar-refractivity contribution in [1.29, 1.82) is 0 Å². The standard InChI is InChI=1S/C21H21N5O2/c1-13-10-14-11-15(4-6-17(14)23-13)24-20-8-9-22-21(26-20)25-16-5-7-18(27-2)19(12-16)28-3/h4-12,23H,1-3H3,(H2,22,24,25,26).